The molecule has 16 heavy (non-hydrogen) atoms. The van der Waals surface area contributed by atoms with E-state index in [0.717, 1.165) is 25.7 Å². The molecule has 0 bridgehead atoms. The highest BCUT2D eigenvalue weighted by molar-refractivity contribution is 5.69. The molecular formula is C12H22O4. The Morgan fingerprint density at radius 2 is 2.12 bits per heavy atom. The summed E-state index contributed by atoms with van der Waals surface area (Å²) in [5, 5.41) is 17.9. The maximum Gasteiger partial charge on any atom is 0.305 e. The van der Waals surface area contributed by atoms with E-state index in [2.05, 4.69) is 6.58 Å². The smallest absolute Gasteiger partial charge is 0.305 e. The fraction of sp³-hybridized carbons (Fsp3) is 0.750. The van der Waals surface area contributed by atoms with Crippen molar-refractivity contribution in [2.75, 3.05) is 13.2 Å². The molecule has 0 aliphatic rings. The number of hydrogen-bond acceptors (Lipinski definition) is 4. The van der Waals surface area contributed by atoms with E-state index in [9.17, 15) is 9.90 Å². The summed E-state index contributed by atoms with van der Waals surface area (Å²) >= 11 is 0. The van der Waals surface area contributed by atoms with Gasteiger partial charge in [0.15, 0.2) is 0 Å². The zero-order chi connectivity index (χ0) is 12.2. The van der Waals surface area contributed by atoms with Gasteiger partial charge >= 0.3 is 5.97 Å². The van der Waals surface area contributed by atoms with E-state index < -0.39 is 0 Å². The van der Waals surface area contributed by atoms with Gasteiger partial charge in [-0.3, -0.25) is 4.79 Å². The van der Waals surface area contributed by atoms with Crippen molar-refractivity contribution in [2.45, 2.75) is 44.6 Å². The number of hydrogen-bond donors (Lipinski definition) is 2. The minimum absolute atomic E-state index is 0.0702. The number of rotatable bonds is 10. The van der Waals surface area contributed by atoms with Crippen LogP contribution in [0.2, 0.25) is 0 Å². The van der Waals surface area contributed by atoms with Gasteiger partial charge in [0.2, 0.25) is 0 Å². The van der Waals surface area contributed by atoms with E-state index in [-0.39, 0.29) is 25.3 Å². The number of carbonyl (C=O) groups excluding carboxylic acids is 1. The van der Waals surface area contributed by atoms with Crippen LogP contribution in [0.3, 0.4) is 0 Å². The van der Waals surface area contributed by atoms with Crippen LogP contribution in [0, 0.1) is 0 Å². The van der Waals surface area contributed by atoms with Crippen molar-refractivity contribution in [3.05, 3.63) is 12.7 Å². The number of ether oxygens (including phenoxy) is 1. The lowest BCUT2D eigenvalue weighted by molar-refractivity contribution is -0.144. The van der Waals surface area contributed by atoms with E-state index in [1.807, 2.05) is 0 Å². The highest BCUT2D eigenvalue weighted by Gasteiger charge is 2.05. The first-order chi connectivity index (χ1) is 7.70. The summed E-state index contributed by atoms with van der Waals surface area (Å²) in [5.74, 6) is -0.283. The summed E-state index contributed by atoms with van der Waals surface area (Å²) < 4.78 is 4.70. The number of aliphatic hydroxyl groups excluding tert-OH is 2. The van der Waals surface area contributed by atoms with Gasteiger partial charge in [0.25, 0.3) is 0 Å². The molecule has 1 atom stereocenters. The summed E-state index contributed by atoms with van der Waals surface area (Å²) in [4.78, 5) is 11.0. The van der Waals surface area contributed by atoms with Crippen molar-refractivity contribution in [3.8, 4) is 0 Å². The van der Waals surface area contributed by atoms with Crippen LogP contribution in [0.4, 0.5) is 0 Å². The Morgan fingerprint density at radius 1 is 1.38 bits per heavy atom. The zero-order valence-electron chi connectivity index (χ0n) is 9.73. The largest absolute Gasteiger partial charge is 0.463 e. The van der Waals surface area contributed by atoms with Crippen molar-refractivity contribution in [2.24, 2.45) is 0 Å². The molecule has 0 aromatic heterocycles. The summed E-state index contributed by atoms with van der Waals surface area (Å²) in [5.41, 5.74) is 0. The maximum atomic E-state index is 11.0. The third-order valence-corrected chi connectivity index (χ3v) is 2.23. The molecule has 4 heteroatoms. The molecule has 0 aromatic rings. The average molecular weight is 230 g/mol. The highest BCUT2D eigenvalue weighted by Crippen LogP contribution is 2.09. The van der Waals surface area contributed by atoms with Crippen LogP contribution in [0.5, 0.6) is 0 Å². The van der Waals surface area contributed by atoms with Gasteiger partial charge in [0.05, 0.1) is 12.7 Å². The Hall–Kier alpha value is -0.870. The average Bonchev–Trinajstić information content (AvgIpc) is 2.29. The van der Waals surface area contributed by atoms with Crippen LogP contribution in [0.15, 0.2) is 12.7 Å². The normalized spacial score (nSPS) is 12.1. The fourth-order valence-corrected chi connectivity index (χ4v) is 1.34. The van der Waals surface area contributed by atoms with E-state index in [1.165, 1.54) is 0 Å². The molecule has 0 rings (SSSR count). The second-order valence-electron chi connectivity index (χ2n) is 3.71. The molecule has 4 nitrogen and oxygen atoms in total. The highest BCUT2D eigenvalue weighted by atomic mass is 16.5. The fourth-order valence-electron chi connectivity index (χ4n) is 1.34. The van der Waals surface area contributed by atoms with Gasteiger partial charge in [-0.25, -0.2) is 0 Å². The SMILES string of the molecule is C=CCCC(O)CCCCC(=O)OCCO. The van der Waals surface area contributed by atoms with Gasteiger partial charge in [-0.15, -0.1) is 6.58 Å². The van der Waals surface area contributed by atoms with Crippen molar-refractivity contribution in [3.63, 3.8) is 0 Å². The minimum Gasteiger partial charge on any atom is -0.463 e. The van der Waals surface area contributed by atoms with E-state index >= 15 is 0 Å². The molecule has 0 aromatic carbocycles. The quantitative estimate of drug-likeness (QED) is 0.338. The molecule has 0 radical (unpaired) electrons. The molecule has 0 heterocycles. The van der Waals surface area contributed by atoms with Crippen molar-refractivity contribution in [1.82, 2.24) is 0 Å². The third-order valence-electron chi connectivity index (χ3n) is 2.23. The summed E-state index contributed by atoms with van der Waals surface area (Å²) in [7, 11) is 0. The van der Waals surface area contributed by atoms with Gasteiger partial charge in [0, 0.05) is 6.42 Å². The van der Waals surface area contributed by atoms with Crippen molar-refractivity contribution < 1.29 is 19.7 Å². The maximum absolute atomic E-state index is 11.0. The third kappa shape index (κ3) is 9.68. The Bertz CT molecular complexity index is 191. The Morgan fingerprint density at radius 3 is 2.75 bits per heavy atom. The van der Waals surface area contributed by atoms with Crippen molar-refractivity contribution >= 4 is 5.97 Å². The van der Waals surface area contributed by atoms with Gasteiger partial charge in [0.1, 0.15) is 6.61 Å². The summed E-state index contributed by atoms with van der Waals surface area (Å²) in [6.45, 7) is 3.53. The van der Waals surface area contributed by atoms with Crippen LogP contribution in [0.25, 0.3) is 0 Å². The molecular weight excluding hydrogens is 208 g/mol. The number of unbranched alkanes of at least 4 members (excludes halogenated alkanes) is 1. The Labute approximate surface area is 96.9 Å². The molecule has 0 saturated heterocycles. The lowest BCUT2D eigenvalue weighted by atomic mass is 10.1. The molecule has 1 unspecified atom stereocenters. The van der Waals surface area contributed by atoms with Crippen LogP contribution in [0.1, 0.15) is 38.5 Å². The summed E-state index contributed by atoms with van der Waals surface area (Å²) in [6, 6.07) is 0. The van der Waals surface area contributed by atoms with Crippen LogP contribution < -0.4 is 0 Å². The Kier molecular flexibility index (Phi) is 10.1. The van der Waals surface area contributed by atoms with Crippen LogP contribution >= 0.6 is 0 Å². The predicted molar refractivity (Wildman–Crippen MR) is 62.0 cm³/mol. The zero-order valence-corrected chi connectivity index (χ0v) is 9.73. The number of carbonyl (C=O) groups is 1. The molecule has 0 spiro atoms. The van der Waals surface area contributed by atoms with Gasteiger partial charge in [-0.2, -0.15) is 0 Å². The van der Waals surface area contributed by atoms with Crippen LogP contribution in [-0.2, 0) is 9.53 Å². The first-order valence-electron chi connectivity index (χ1n) is 5.76. The first kappa shape index (κ1) is 15.1. The molecule has 94 valence electrons. The molecule has 2 N–H and O–H groups in total. The second kappa shape index (κ2) is 10.6. The number of aliphatic hydroxyl groups is 2. The van der Waals surface area contributed by atoms with Gasteiger partial charge in [-0.1, -0.05) is 12.5 Å². The first-order valence-corrected chi connectivity index (χ1v) is 5.76. The minimum atomic E-state index is -0.300. The number of allylic oxidation sites excluding steroid dienone is 1. The summed E-state index contributed by atoms with van der Waals surface area (Å²) in [6.07, 6.45) is 5.64. The van der Waals surface area contributed by atoms with Crippen molar-refractivity contribution in [1.29, 1.82) is 0 Å². The molecule has 0 saturated carbocycles. The van der Waals surface area contributed by atoms with E-state index in [0.29, 0.717) is 12.8 Å². The lowest BCUT2D eigenvalue weighted by Crippen LogP contribution is -2.09. The molecule has 0 fully saturated rings. The molecule has 0 amide bonds. The second-order valence-corrected chi connectivity index (χ2v) is 3.71. The monoisotopic (exact) mass is 230 g/mol. The van der Waals surface area contributed by atoms with E-state index in [1.54, 1.807) is 6.08 Å². The number of esters is 1. The van der Waals surface area contributed by atoms with Gasteiger partial charge < -0.3 is 14.9 Å². The van der Waals surface area contributed by atoms with E-state index in [4.69, 9.17) is 9.84 Å². The predicted octanol–water partition coefficient (Wildman–Crippen LogP) is 1.41. The topological polar surface area (TPSA) is 66.8 Å². The molecule has 0 aliphatic carbocycles. The Balaban J connectivity index is 3.31. The lowest BCUT2D eigenvalue weighted by Gasteiger charge is -2.08. The van der Waals surface area contributed by atoms with Crippen LogP contribution in [-0.4, -0.2) is 35.5 Å². The van der Waals surface area contributed by atoms with Gasteiger partial charge in [-0.05, 0) is 25.7 Å². The standard InChI is InChI=1S/C12H22O4/c1-2-3-6-11(14)7-4-5-8-12(15)16-10-9-13/h2,11,13-14H,1,3-10H2. The molecule has 0 aliphatic heterocycles.